The molecule has 2 unspecified atom stereocenters. The molecule has 3 amide bonds. The van der Waals surface area contributed by atoms with Crippen LogP contribution in [0.5, 0.6) is 5.75 Å². The van der Waals surface area contributed by atoms with Crippen LogP contribution in [0, 0.1) is 5.92 Å². The molecule has 21 heavy (non-hydrogen) atoms. The van der Waals surface area contributed by atoms with Gasteiger partial charge in [-0.15, -0.1) is 0 Å². The molecule has 1 aromatic rings. The summed E-state index contributed by atoms with van der Waals surface area (Å²) in [7, 11) is 1.59. The second-order valence-electron chi connectivity index (χ2n) is 5.67. The third-order valence-electron chi connectivity index (χ3n) is 4.40. The van der Waals surface area contributed by atoms with Gasteiger partial charge in [0, 0.05) is 6.04 Å². The van der Waals surface area contributed by atoms with Crippen LogP contribution in [0.3, 0.4) is 0 Å². The lowest BCUT2D eigenvalue weighted by atomic mass is 9.91. The number of methoxy groups -OCH3 is 1. The van der Waals surface area contributed by atoms with Crippen molar-refractivity contribution in [2.75, 3.05) is 12.0 Å². The predicted molar refractivity (Wildman–Crippen MR) is 79.4 cm³/mol. The van der Waals surface area contributed by atoms with Gasteiger partial charge >= 0.3 is 6.03 Å². The van der Waals surface area contributed by atoms with Gasteiger partial charge in [-0.1, -0.05) is 19.3 Å². The number of hydrogen-bond donors (Lipinski definition) is 1. The highest BCUT2D eigenvalue weighted by atomic mass is 16.5. The Bertz CT molecular complexity index is 541. The number of carbonyl (C=O) groups excluding carboxylic acids is 2. The maximum Gasteiger partial charge on any atom is 0.328 e. The van der Waals surface area contributed by atoms with Gasteiger partial charge < -0.3 is 10.1 Å². The van der Waals surface area contributed by atoms with Gasteiger partial charge in [0.2, 0.25) is 5.91 Å². The molecule has 1 aromatic carbocycles. The van der Waals surface area contributed by atoms with Gasteiger partial charge in [-0.3, -0.25) is 4.79 Å². The first-order valence-corrected chi connectivity index (χ1v) is 7.49. The fourth-order valence-corrected chi connectivity index (χ4v) is 3.24. The molecule has 1 heterocycles. The quantitative estimate of drug-likeness (QED) is 0.910. The van der Waals surface area contributed by atoms with Crippen molar-refractivity contribution in [3.63, 3.8) is 0 Å². The molecule has 2 atom stereocenters. The molecule has 0 spiro atoms. The predicted octanol–water partition coefficient (Wildman–Crippen LogP) is 2.70. The number of carbonyl (C=O) groups is 2. The average Bonchev–Trinajstić information content (AvgIpc) is 2.73. The van der Waals surface area contributed by atoms with E-state index in [1.165, 1.54) is 4.90 Å². The Kier molecular flexibility index (Phi) is 3.82. The first-order valence-electron chi connectivity index (χ1n) is 7.49. The summed E-state index contributed by atoms with van der Waals surface area (Å²) in [6.45, 7) is 0. The molecular formula is C16H20N2O3. The number of rotatable bonds is 2. The molecule has 2 aliphatic rings. The Morgan fingerprint density at radius 2 is 1.81 bits per heavy atom. The summed E-state index contributed by atoms with van der Waals surface area (Å²) in [6.07, 6.45) is 5.03. The van der Waals surface area contributed by atoms with Crippen LogP contribution in [0.4, 0.5) is 10.5 Å². The summed E-state index contributed by atoms with van der Waals surface area (Å²) in [5.41, 5.74) is 0.598. The van der Waals surface area contributed by atoms with Gasteiger partial charge in [0.25, 0.3) is 0 Å². The van der Waals surface area contributed by atoms with Crippen molar-refractivity contribution in [2.45, 2.75) is 38.1 Å². The minimum Gasteiger partial charge on any atom is -0.497 e. The van der Waals surface area contributed by atoms with E-state index < -0.39 is 0 Å². The van der Waals surface area contributed by atoms with E-state index in [1.807, 2.05) is 0 Å². The first-order chi connectivity index (χ1) is 10.2. The van der Waals surface area contributed by atoms with Gasteiger partial charge in [-0.25, -0.2) is 9.69 Å². The summed E-state index contributed by atoms with van der Waals surface area (Å²) in [5.74, 6) is 0.541. The minimum atomic E-state index is -0.312. The van der Waals surface area contributed by atoms with E-state index >= 15 is 0 Å². The molecule has 5 heteroatoms. The molecule has 0 bridgehead atoms. The number of nitrogens with zero attached hydrogens (tertiary/aromatic N) is 1. The fraction of sp³-hybridized carbons (Fsp3) is 0.500. The van der Waals surface area contributed by atoms with Crippen molar-refractivity contribution < 1.29 is 14.3 Å². The Labute approximate surface area is 124 Å². The standard InChI is InChI=1S/C16H20N2O3/c1-21-12-9-7-11(8-10-12)18-15(19)13-5-3-2-4-6-14(13)17-16(18)20/h7-10,13-14H,2-6H2,1H3,(H,17,20). The second kappa shape index (κ2) is 5.76. The summed E-state index contributed by atoms with van der Waals surface area (Å²) in [4.78, 5) is 26.3. The average molecular weight is 288 g/mol. The molecule has 1 saturated carbocycles. The van der Waals surface area contributed by atoms with E-state index in [9.17, 15) is 9.59 Å². The summed E-state index contributed by atoms with van der Waals surface area (Å²) in [5, 5.41) is 3.00. The first kappa shape index (κ1) is 13.9. The number of fused-ring (bicyclic) bond motifs is 1. The Balaban J connectivity index is 1.87. The molecule has 1 saturated heterocycles. The Hall–Kier alpha value is -2.04. The zero-order chi connectivity index (χ0) is 14.8. The van der Waals surface area contributed by atoms with Crippen LogP contribution < -0.4 is 15.0 Å². The SMILES string of the molecule is COc1ccc(N2C(=O)NC3CCCCCC3C2=O)cc1. The topological polar surface area (TPSA) is 58.6 Å². The number of hydrogen-bond acceptors (Lipinski definition) is 3. The van der Waals surface area contributed by atoms with E-state index in [4.69, 9.17) is 4.74 Å². The molecule has 2 fully saturated rings. The van der Waals surface area contributed by atoms with Crippen LogP contribution in [-0.4, -0.2) is 25.1 Å². The Morgan fingerprint density at radius 1 is 1.10 bits per heavy atom. The van der Waals surface area contributed by atoms with Crippen LogP contribution in [0.2, 0.25) is 0 Å². The van der Waals surface area contributed by atoms with Crippen LogP contribution >= 0.6 is 0 Å². The van der Waals surface area contributed by atoms with E-state index in [-0.39, 0.29) is 23.9 Å². The number of anilines is 1. The number of nitrogens with one attached hydrogen (secondary N) is 1. The van der Waals surface area contributed by atoms with E-state index in [0.29, 0.717) is 11.4 Å². The normalized spacial score (nSPS) is 25.9. The van der Waals surface area contributed by atoms with Crippen molar-refractivity contribution in [1.29, 1.82) is 0 Å². The zero-order valence-corrected chi connectivity index (χ0v) is 12.2. The lowest BCUT2D eigenvalue weighted by molar-refractivity contribution is -0.123. The van der Waals surface area contributed by atoms with Crippen molar-refractivity contribution in [2.24, 2.45) is 5.92 Å². The highest BCUT2D eigenvalue weighted by Gasteiger charge is 2.41. The number of benzene rings is 1. The second-order valence-corrected chi connectivity index (χ2v) is 5.67. The van der Waals surface area contributed by atoms with Crippen molar-refractivity contribution in [3.8, 4) is 5.75 Å². The van der Waals surface area contributed by atoms with Crippen LogP contribution in [-0.2, 0) is 4.79 Å². The van der Waals surface area contributed by atoms with Crippen LogP contribution in [0.25, 0.3) is 0 Å². The molecule has 3 rings (SSSR count). The van der Waals surface area contributed by atoms with Crippen LogP contribution in [0.15, 0.2) is 24.3 Å². The summed E-state index contributed by atoms with van der Waals surface area (Å²) in [6, 6.07) is 6.69. The van der Waals surface area contributed by atoms with Crippen molar-refractivity contribution in [1.82, 2.24) is 5.32 Å². The zero-order valence-electron chi connectivity index (χ0n) is 12.2. The number of amides is 3. The highest BCUT2D eigenvalue weighted by molar-refractivity contribution is 6.17. The third-order valence-corrected chi connectivity index (χ3v) is 4.40. The van der Waals surface area contributed by atoms with Gasteiger partial charge in [0.15, 0.2) is 0 Å². The van der Waals surface area contributed by atoms with E-state index in [1.54, 1.807) is 31.4 Å². The molecule has 1 N–H and O–H groups in total. The fourth-order valence-electron chi connectivity index (χ4n) is 3.24. The molecule has 1 aliphatic heterocycles. The number of ether oxygens (including phenoxy) is 1. The maximum atomic E-state index is 12.7. The van der Waals surface area contributed by atoms with E-state index in [2.05, 4.69) is 5.32 Å². The van der Waals surface area contributed by atoms with Gasteiger partial charge in [0.05, 0.1) is 18.7 Å². The summed E-state index contributed by atoms with van der Waals surface area (Å²) < 4.78 is 5.11. The van der Waals surface area contributed by atoms with Crippen LogP contribution in [0.1, 0.15) is 32.1 Å². The van der Waals surface area contributed by atoms with Crippen molar-refractivity contribution in [3.05, 3.63) is 24.3 Å². The lowest BCUT2D eigenvalue weighted by Gasteiger charge is -2.36. The van der Waals surface area contributed by atoms with Gasteiger partial charge in [-0.2, -0.15) is 0 Å². The van der Waals surface area contributed by atoms with Gasteiger partial charge in [0.1, 0.15) is 5.75 Å². The van der Waals surface area contributed by atoms with E-state index in [0.717, 1.165) is 32.1 Å². The molecule has 0 aromatic heterocycles. The smallest absolute Gasteiger partial charge is 0.328 e. The molecule has 0 radical (unpaired) electrons. The summed E-state index contributed by atoms with van der Waals surface area (Å²) >= 11 is 0. The monoisotopic (exact) mass is 288 g/mol. The van der Waals surface area contributed by atoms with Gasteiger partial charge in [-0.05, 0) is 37.1 Å². The molecule has 5 nitrogen and oxygen atoms in total. The number of urea groups is 1. The lowest BCUT2D eigenvalue weighted by Crippen LogP contribution is -2.60. The Morgan fingerprint density at radius 3 is 2.52 bits per heavy atom. The number of imide groups is 1. The van der Waals surface area contributed by atoms with Crippen molar-refractivity contribution >= 4 is 17.6 Å². The molecule has 112 valence electrons. The minimum absolute atomic E-state index is 0.00185. The third kappa shape index (κ3) is 2.60. The maximum absolute atomic E-state index is 12.7. The molecule has 1 aliphatic carbocycles. The molecular weight excluding hydrogens is 268 g/mol. The highest BCUT2D eigenvalue weighted by Crippen LogP contribution is 2.31. The largest absolute Gasteiger partial charge is 0.497 e.